The minimum atomic E-state index is 0.0904. The van der Waals surface area contributed by atoms with Crippen molar-refractivity contribution >= 4 is 0 Å². The van der Waals surface area contributed by atoms with E-state index in [-0.39, 0.29) is 6.04 Å². The maximum Gasteiger partial charge on any atom is 0.121 e. The van der Waals surface area contributed by atoms with Gasteiger partial charge in [-0.25, -0.2) is 0 Å². The van der Waals surface area contributed by atoms with Crippen molar-refractivity contribution in [3.63, 3.8) is 0 Å². The molecule has 0 amide bonds. The van der Waals surface area contributed by atoms with Crippen LogP contribution in [0.2, 0.25) is 0 Å². The molecule has 0 heterocycles. The molecule has 0 saturated heterocycles. The van der Waals surface area contributed by atoms with Crippen molar-refractivity contribution in [1.82, 2.24) is 0 Å². The van der Waals surface area contributed by atoms with Crippen LogP contribution in [0.1, 0.15) is 30.0 Å². The largest absolute Gasteiger partial charge is 0.496 e. The highest BCUT2D eigenvalue weighted by Crippen LogP contribution is 2.23. The molecule has 2 heteroatoms. The van der Waals surface area contributed by atoms with E-state index in [4.69, 9.17) is 10.5 Å². The van der Waals surface area contributed by atoms with E-state index < -0.39 is 0 Å². The summed E-state index contributed by atoms with van der Waals surface area (Å²) in [6.07, 6.45) is 3.79. The van der Waals surface area contributed by atoms with Crippen molar-refractivity contribution in [2.75, 3.05) is 7.11 Å². The summed E-state index contributed by atoms with van der Waals surface area (Å²) < 4.78 is 5.20. The van der Waals surface area contributed by atoms with E-state index in [1.807, 2.05) is 25.1 Å². The van der Waals surface area contributed by atoms with E-state index in [0.29, 0.717) is 0 Å². The monoisotopic (exact) mass is 205 g/mol. The molecule has 0 aliphatic heterocycles. The molecule has 0 aliphatic rings. The van der Waals surface area contributed by atoms with Gasteiger partial charge in [-0.3, -0.25) is 0 Å². The highest BCUT2D eigenvalue weighted by molar-refractivity contribution is 5.37. The molecule has 0 radical (unpaired) electrons. The number of ether oxygens (including phenoxy) is 1. The van der Waals surface area contributed by atoms with Crippen molar-refractivity contribution in [2.24, 2.45) is 5.73 Å². The molecule has 0 bridgehead atoms. The summed E-state index contributed by atoms with van der Waals surface area (Å²) in [5.74, 6) is 0.912. The molecule has 0 fully saturated rings. The molecule has 1 rings (SSSR count). The van der Waals surface area contributed by atoms with Crippen LogP contribution in [-0.4, -0.2) is 7.11 Å². The van der Waals surface area contributed by atoms with Gasteiger partial charge in [0.05, 0.1) is 7.11 Å². The number of nitrogens with two attached hydrogens (primary N) is 1. The second-order valence-electron chi connectivity index (χ2n) is 3.70. The van der Waals surface area contributed by atoms with Gasteiger partial charge in [0.2, 0.25) is 0 Å². The summed E-state index contributed by atoms with van der Waals surface area (Å²) in [5, 5.41) is 0. The van der Waals surface area contributed by atoms with Crippen LogP contribution in [-0.2, 0) is 0 Å². The first-order chi connectivity index (χ1) is 7.19. The molecule has 0 aliphatic carbocycles. The average molecular weight is 205 g/mol. The molecule has 0 aromatic heterocycles. The third-order valence-electron chi connectivity index (χ3n) is 2.53. The molecular weight excluding hydrogens is 186 g/mol. The summed E-state index contributed by atoms with van der Waals surface area (Å²) in [5.41, 5.74) is 8.34. The maximum absolute atomic E-state index is 6.05. The van der Waals surface area contributed by atoms with Crippen molar-refractivity contribution in [3.05, 3.63) is 42.0 Å². The summed E-state index contributed by atoms with van der Waals surface area (Å²) >= 11 is 0. The molecule has 2 N–H and O–H groups in total. The fraction of sp³-hybridized carbons (Fsp3) is 0.385. The summed E-state index contributed by atoms with van der Waals surface area (Å²) in [7, 11) is 1.68. The van der Waals surface area contributed by atoms with Crippen molar-refractivity contribution in [2.45, 2.75) is 25.8 Å². The van der Waals surface area contributed by atoms with Crippen molar-refractivity contribution < 1.29 is 4.74 Å². The molecule has 2 nitrogen and oxygen atoms in total. The Hall–Kier alpha value is -1.28. The Bertz CT molecular complexity index is 333. The predicted molar refractivity (Wildman–Crippen MR) is 64.1 cm³/mol. The van der Waals surface area contributed by atoms with E-state index in [1.165, 1.54) is 0 Å². The Balaban J connectivity index is 2.77. The average Bonchev–Trinajstić information content (AvgIpc) is 2.25. The number of hydrogen-bond donors (Lipinski definition) is 1. The minimum absolute atomic E-state index is 0.0904. The molecule has 15 heavy (non-hydrogen) atoms. The molecular formula is C13H19NO. The smallest absolute Gasteiger partial charge is 0.121 e. The topological polar surface area (TPSA) is 35.2 Å². The van der Waals surface area contributed by atoms with E-state index in [9.17, 15) is 0 Å². The van der Waals surface area contributed by atoms with Crippen LogP contribution in [0.5, 0.6) is 5.75 Å². The number of methoxy groups -OCH3 is 1. The SMILES string of the molecule is C=CCCC(N)c1ccc(OC)c(C)c1. The predicted octanol–water partition coefficient (Wildman–Crippen LogP) is 2.97. The number of allylic oxidation sites excluding steroid dienone is 1. The second-order valence-corrected chi connectivity index (χ2v) is 3.70. The zero-order chi connectivity index (χ0) is 11.3. The fourth-order valence-electron chi connectivity index (χ4n) is 1.60. The Morgan fingerprint density at radius 3 is 2.80 bits per heavy atom. The Labute approximate surface area is 91.7 Å². The Morgan fingerprint density at radius 2 is 2.27 bits per heavy atom. The zero-order valence-corrected chi connectivity index (χ0v) is 9.49. The molecule has 82 valence electrons. The van der Waals surface area contributed by atoms with Gasteiger partial charge in [-0.15, -0.1) is 6.58 Å². The van der Waals surface area contributed by atoms with Gasteiger partial charge < -0.3 is 10.5 Å². The Kier molecular flexibility index (Phi) is 4.37. The van der Waals surface area contributed by atoms with Crippen LogP contribution >= 0.6 is 0 Å². The lowest BCUT2D eigenvalue weighted by Crippen LogP contribution is -2.10. The number of benzene rings is 1. The highest BCUT2D eigenvalue weighted by Gasteiger charge is 2.06. The van der Waals surface area contributed by atoms with Gasteiger partial charge in [0, 0.05) is 6.04 Å². The van der Waals surface area contributed by atoms with E-state index >= 15 is 0 Å². The van der Waals surface area contributed by atoms with Gasteiger partial charge in [-0.2, -0.15) is 0 Å². The van der Waals surface area contributed by atoms with Crippen LogP contribution < -0.4 is 10.5 Å². The molecule has 1 unspecified atom stereocenters. The fourth-order valence-corrected chi connectivity index (χ4v) is 1.60. The van der Waals surface area contributed by atoms with E-state index in [0.717, 1.165) is 29.7 Å². The normalized spacial score (nSPS) is 12.2. The standard InChI is InChI=1S/C13H19NO/c1-4-5-6-12(14)11-7-8-13(15-3)10(2)9-11/h4,7-9,12H,1,5-6,14H2,2-3H3. The maximum atomic E-state index is 6.05. The highest BCUT2D eigenvalue weighted by atomic mass is 16.5. The van der Waals surface area contributed by atoms with Gasteiger partial charge >= 0.3 is 0 Å². The van der Waals surface area contributed by atoms with E-state index in [2.05, 4.69) is 12.6 Å². The van der Waals surface area contributed by atoms with E-state index in [1.54, 1.807) is 7.11 Å². The summed E-state index contributed by atoms with van der Waals surface area (Å²) in [6.45, 7) is 5.73. The third kappa shape index (κ3) is 3.10. The van der Waals surface area contributed by atoms with Crippen LogP contribution in [0.15, 0.2) is 30.9 Å². The first-order valence-electron chi connectivity index (χ1n) is 5.20. The van der Waals surface area contributed by atoms with Crippen LogP contribution in [0, 0.1) is 6.92 Å². The summed E-state index contributed by atoms with van der Waals surface area (Å²) in [6, 6.07) is 6.18. The first kappa shape index (κ1) is 11.8. The van der Waals surface area contributed by atoms with Crippen LogP contribution in [0.3, 0.4) is 0 Å². The van der Waals surface area contributed by atoms with Gasteiger partial charge in [-0.05, 0) is 37.0 Å². The number of hydrogen-bond acceptors (Lipinski definition) is 2. The zero-order valence-electron chi connectivity index (χ0n) is 9.49. The lowest BCUT2D eigenvalue weighted by molar-refractivity contribution is 0.411. The molecule has 0 spiro atoms. The number of aryl methyl sites for hydroxylation is 1. The molecule has 0 saturated carbocycles. The summed E-state index contributed by atoms with van der Waals surface area (Å²) in [4.78, 5) is 0. The lowest BCUT2D eigenvalue weighted by Gasteiger charge is -2.13. The van der Waals surface area contributed by atoms with Crippen molar-refractivity contribution in [1.29, 1.82) is 0 Å². The quantitative estimate of drug-likeness (QED) is 0.750. The lowest BCUT2D eigenvalue weighted by atomic mass is 10.0. The second kappa shape index (κ2) is 5.56. The van der Waals surface area contributed by atoms with Crippen LogP contribution in [0.25, 0.3) is 0 Å². The molecule has 1 aromatic carbocycles. The van der Waals surface area contributed by atoms with Gasteiger partial charge in [0.25, 0.3) is 0 Å². The molecule has 1 atom stereocenters. The molecule has 1 aromatic rings. The van der Waals surface area contributed by atoms with Gasteiger partial charge in [0.1, 0.15) is 5.75 Å². The minimum Gasteiger partial charge on any atom is -0.496 e. The number of rotatable bonds is 5. The third-order valence-corrected chi connectivity index (χ3v) is 2.53. The van der Waals surface area contributed by atoms with Crippen molar-refractivity contribution in [3.8, 4) is 5.75 Å². The van der Waals surface area contributed by atoms with Gasteiger partial charge in [-0.1, -0.05) is 18.2 Å². The Morgan fingerprint density at radius 1 is 1.53 bits per heavy atom. The van der Waals surface area contributed by atoms with Crippen LogP contribution in [0.4, 0.5) is 0 Å². The first-order valence-corrected chi connectivity index (χ1v) is 5.20. The van der Waals surface area contributed by atoms with Gasteiger partial charge in [0.15, 0.2) is 0 Å².